The number of thiazole rings is 1. The smallest absolute Gasteiger partial charge is 0.180 e. The minimum atomic E-state index is -0.312. The lowest BCUT2D eigenvalue weighted by Crippen LogP contribution is -2.29. The molecule has 0 radical (unpaired) electrons. The van der Waals surface area contributed by atoms with Crippen LogP contribution in [-0.2, 0) is 10.2 Å². The summed E-state index contributed by atoms with van der Waals surface area (Å²) in [6.45, 7) is 2.63. The van der Waals surface area contributed by atoms with Crippen LogP contribution in [0.5, 0.6) is 0 Å². The van der Waals surface area contributed by atoms with Gasteiger partial charge in [0.1, 0.15) is 0 Å². The van der Waals surface area contributed by atoms with Crippen molar-refractivity contribution in [1.29, 1.82) is 0 Å². The van der Waals surface area contributed by atoms with E-state index in [-0.39, 0.29) is 5.41 Å². The number of nitrogen functional groups attached to an aromatic ring is 1. The molecule has 0 aliphatic heterocycles. The van der Waals surface area contributed by atoms with E-state index in [9.17, 15) is 0 Å². The topological polar surface area (TPSA) is 48.1 Å². The van der Waals surface area contributed by atoms with E-state index in [1.54, 1.807) is 7.11 Å². The van der Waals surface area contributed by atoms with Crippen LogP contribution in [0.3, 0.4) is 0 Å². The Morgan fingerprint density at radius 1 is 1.39 bits per heavy atom. The van der Waals surface area contributed by atoms with E-state index in [0.717, 1.165) is 16.3 Å². The highest BCUT2D eigenvalue weighted by Gasteiger charge is 2.31. The van der Waals surface area contributed by atoms with E-state index in [1.165, 1.54) is 11.3 Å². The van der Waals surface area contributed by atoms with Crippen LogP contribution in [0.2, 0.25) is 5.02 Å². The zero-order valence-electron chi connectivity index (χ0n) is 10.3. The number of hydrogen-bond acceptors (Lipinski definition) is 4. The molecule has 0 spiro atoms. The molecule has 0 saturated carbocycles. The Labute approximate surface area is 116 Å². The number of nitrogens with zero attached hydrogens (tertiary/aromatic N) is 1. The number of methoxy groups -OCH3 is 1. The van der Waals surface area contributed by atoms with E-state index in [0.29, 0.717) is 11.7 Å². The summed E-state index contributed by atoms with van der Waals surface area (Å²) < 4.78 is 5.35. The van der Waals surface area contributed by atoms with Gasteiger partial charge in [0.2, 0.25) is 0 Å². The molecule has 1 aromatic carbocycles. The molecule has 1 heterocycles. The third-order valence-electron chi connectivity index (χ3n) is 3.00. The molecule has 2 rings (SSSR count). The largest absolute Gasteiger partial charge is 0.383 e. The third kappa shape index (κ3) is 2.51. The maximum Gasteiger partial charge on any atom is 0.180 e. The highest BCUT2D eigenvalue weighted by atomic mass is 35.5. The predicted molar refractivity (Wildman–Crippen MR) is 76.3 cm³/mol. The van der Waals surface area contributed by atoms with E-state index in [1.807, 2.05) is 29.6 Å². The zero-order valence-corrected chi connectivity index (χ0v) is 11.9. The zero-order chi connectivity index (χ0) is 13.2. The predicted octanol–water partition coefficient (Wildman–Crippen LogP) is 3.33. The van der Waals surface area contributed by atoms with Gasteiger partial charge in [-0.2, -0.15) is 0 Å². The molecule has 5 heteroatoms. The number of rotatable bonds is 4. The molecule has 0 fully saturated rings. The minimum absolute atomic E-state index is 0.312. The minimum Gasteiger partial charge on any atom is -0.383 e. The Balaban J connectivity index is 2.46. The SMILES string of the molecule is COCC(C)(c1ccc(Cl)cc1)c1csc(N)n1. The average Bonchev–Trinajstić information content (AvgIpc) is 2.77. The Kier molecular flexibility index (Phi) is 3.90. The Bertz CT molecular complexity index is 526. The fraction of sp³-hybridized carbons (Fsp3) is 0.308. The van der Waals surface area contributed by atoms with Crippen molar-refractivity contribution in [3.63, 3.8) is 0 Å². The van der Waals surface area contributed by atoms with Crippen molar-refractivity contribution in [3.8, 4) is 0 Å². The van der Waals surface area contributed by atoms with Crippen LogP contribution < -0.4 is 5.73 Å². The summed E-state index contributed by atoms with van der Waals surface area (Å²) in [5.41, 5.74) is 7.44. The fourth-order valence-corrected chi connectivity index (χ4v) is 2.77. The van der Waals surface area contributed by atoms with Gasteiger partial charge in [0.05, 0.1) is 17.7 Å². The van der Waals surface area contributed by atoms with Gasteiger partial charge in [-0.25, -0.2) is 4.98 Å². The van der Waals surface area contributed by atoms with Gasteiger partial charge >= 0.3 is 0 Å². The van der Waals surface area contributed by atoms with Gasteiger partial charge < -0.3 is 10.5 Å². The van der Waals surface area contributed by atoms with Gasteiger partial charge in [-0.1, -0.05) is 23.7 Å². The van der Waals surface area contributed by atoms with E-state index in [2.05, 4.69) is 11.9 Å². The quantitative estimate of drug-likeness (QED) is 0.936. The lowest BCUT2D eigenvalue weighted by atomic mass is 9.81. The molecule has 1 aromatic heterocycles. The first-order valence-corrected chi connectivity index (χ1v) is 6.78. The van der Waals surface area contributed by atoms with Crippen molar-refractivity contribution in [2.24, 2.45) is 0 Å². The number of aromatic nitrogens is 1. The number of ether oxygens (including phenoxy) is 1. The maximum absolute atomic E-state index is 5.92. The highest BCUT2D eigenvalue weighted by molar-refractivity contribution is 7.13. The summed E-state index contributed by atoms with van der Waals surface area (Å²) in [5, 5.41) is 3.26. The summed E-state index contributed by atoms with van der Waals surface area (Å²) >= 11 is 7.36. The second kappa shape index (κ2) is 5.26. The number of benzene rings is 1. The van der Waals surface area contributed by atoms with Crippen LogP contribution in [0.1, 0.15) is 18.2 Å². The molecular formula is C13H15ClN2OS. The normalized spacial score (nSPS) is 14.4. The van der Waals surface area contributed by atoms with Gasteiger partial charge in [-0.05, 0) is 24.6 Å². The summed E-state index contributed by atoms with van der Waals surface area (Å²) in [6.07, 6.45) is 0. The average molecular weight is 283 g/mol. The van der Waals surface area contributed by atoms with Crippen LogP contribution in [0, 0.1) is 0 Å². The molecule has 0 aliphatic carbocycles. The number of anilines is 1. The number of hydrogen-bond donors (Lipinski definition) is 1. The molecule has 2 aromatic rings. The van der Waals surface area contributed by atoms with Crippen molar-refractivity contribution in [2.45, 2.75) is 12.3 Å². The molecule has 0 amide bonds. The van der Waals surface area contributed by atoms with Crippen LogP contribution in [-0.4, -0.2) is 18.7 Å². The Hall–Kier alpha value is -1.10. The van der Waals surface area contributed by atoms with Crippen molar-refractivity contribution in [2.75, 3.05) is 19.5 Å². The summed E-state index contributed by atoms with van der Waals surface area (Å²) in [4.78, 5) is 4.38. The van der Waals surface area contributed by atoms with E-state index >= 15 is 0 Å². The Morgan fingerprint density at radius 3 is 2.56 bits per heavy atom. The van der Waals surface area contributed by atoms with Crippen LogP contribution in [0.15, 0.2) is 29.6 Å². The summed E-state index contributed by atoms with van der Waals surface area (Å²) in [5.74, 6) is 0. The summed E-state index contributed by atoms with van der Waals surface area (Å²) in [7, 11) is 1.68. The van der Waals surface area contributed by atoms with Crippen molar-refractivity contribution >= 4 is 28.1 Å². The third-order valence-corrected chi connectivity index (χ3v) is 3.93. The molecule has 0 saturated heterocycles. The first kappa shape index (κ1) is 13.3. The maximum atomic E-state index is 5.92. The van der Waals surface area contributed by atoms with Crippen molar-refractivity contribution < 1.29 is 4.74 Å². The fourth-order valence-electron chi connectivity index (χ4n) is 1.95. The lowest BCUT2D eigenvalue weighted by molar-refractivity contribution is 0.154. The van der Waals surface area contributed by atoms with Crippen LogP contribution >= 0.6 is 22.9 Å². The highest BCUT2D eigenvalue weighted by Crippen LogP contribution is 2.34. The monoisotopic (exact) mass is 282 g/mol. The molecular weight excluding hydrogens is 268 g/mol. The van der Waals surface area contributed by atoms with Gasteiger partial charge in [-0.3, -0.25) is 0 Å². The van der Waals surface area contributed by atoms with Gasteiger partial charge in [0.15, 0.2) is 5.13 Å². The van der Waals surface area contributed by atoms with Gasteiger partial charge in [-0.15, -0.1) is 11.3 Å². The second-order valence-corrected chi connectivity index (χ2v) is 5.67. The van der Waals surface area contributed by atoms with Crippen molar-refractivity contribution in [1.82, 2.24) is 4.98 Å². The van der Waals surface area contributed by atoms with Crippen molar-refractivity contribution in [3.05, 3.63) is 45.9 Å². The second-order valence-electron chi connectivity index (χ2n) is 4.34. The molecule has 18 heavy (non-hydrogen) atoms. The molecule has 3 nitrogen and oxygen atoms in total. The van der Waals surface area contributed by atoms with E-state index in [4.69, 9.17) is 22.1 Å². The molecule has 0 bridgehead atoms. The van der Waals surface area contributed by atoms with Gasteiger partial charge in [0.25, 0.3) is 0 Å². The van der Waals surface area contributed by atoms with Crippen LogP contribution in [0.4, 0.5) is 5.13 Å². The molecule has 1 atom stereocenters. The standard InChI is InChI=1S/C13H15ClN2OS/c1-13(8-17-2,11-7-18-12(15)16-11)9-3-5-10(14)6-4-9/h3-7H,8H2,1-2H3,(H2,15,16). The first-order valence-electron chi connectivity index (χ1n) is 5.53. The van der Waals surface area contributed by atoms with Gasteiger partial charge in [0, 0.05) is 17.5 Å². The van der Waals surface area contributed by atoms with Crippen LogP contribution in [0.25, 0.3) is 0 Å². The Morgan fingerprint density at radius 2 is 2.06 bits per heavy atom. The number of halogens is 1. The lowest BCUT2D eigenvalue weighted by Gasteiger charge is -2.27. The van der Waals surface area contributed by atoms with E-state index < -0.39 is 0 Å². The first-order chi connectivity index (χ1) is 8.56. The summed E-state index contributed by atoms with van der Waals surface area (Å²) in [6, 6.07) is 7.74. The number of nitrogens with two attached hydrogens (primary N) is 1. The molecule has 0 aliphatic rings. The molecule has 96 valence electrons. The molecule has 2 N–H and O–H groups in total. The molecule has 1 unspecified atom stereocenters.